The summed E-state index contributed by atoms with van der Waals surface area (Å²) in [7, 11) is -2.23. The summed E-state index contributed by atoms with van der Waals surface area (Å²) in [6, 6.07) is 12.5. The van der Waals surface area contributed by atoms with Crippen LogP contribution in [-0.4, -0.2) is 27.5 Å². The van der Waals surface area contributed by atoms with E-state index in [1.807, 2.05) is 0 Å². The van der Waals surface area contributed by atoms with Crippen LogP contribution in [0.3, 0.4) is 0 Å². The zero-order valence-electron chi connectivity index (χ0n) is 16.0. The van der Waals surface area contributed by atoms with Crippen LogP contribution in [0, 0.1) is 11.6 Å². The molecule has 3 aromatic rings. The van der Waals surface area contributed by atoms with Crippen LogP contribution in [0.4, 0.5) is 20.2 Å². The molecular weight excluding hydrogens is 434 g/mol. The molecule has 1 atom stereocenters. The third-order valence-corrected chi connectivity index (χ3v) is 7.36. The number of ether oxygens (including phenoxy) is 1. The lowest BCUT2D eigenvalue weighted by Gasteiger charge is -2.19. The molecule has 0 radical (unpaired) electrons. The normalized spacial score (nSPS) is 12.3. The Morgan fingerprint density at radius 3 is 2.27 bits per heavy atom. The van der Waals surface area contributed by atoms with E-state index >= 15 is 0 Å². The summed E-state index contributed by atoms with van der Waals surface area (Å²) in [6.45, 7) is 1.43. The molecule has 158 valence electrons. The third kappa shape index (κ3) is 4.60. The molecule has 30 heavy (non-hydrogen) atoms. The summed E-state index contributed by atoms with van der Waals surface area (Å²) in [4.78, 5) is 12.2. The number of sulfonamides is 1. The molecule has 1 heterocycles. The summed E-state index contributed by atoms with van der Waals surface area (Å²) in [6.07, 6.45) is -1.05. The fourth-order valence-electron chi connectivity index (χ4n) is 2.52. The first kappa shape index (κ1) is 21.7. The molecule has 1 amide bonds. The first-order valence-electron chi connectivity index (χ1n) is 8.74. The van der Waals surface area contributed by atoms with E-state index in [0.29, 0.717) is 5.69 Å². The second-order valence-electron chi connectivity index (χ2n) is 6.24. The van der Waals surface area contributed by atoms with Gasteiger partial charge in [0.1, 0.15) is 27.3 Å². The maximum absolute atomic E-state index is 13.7. The Morgan fingerprint density at radius 1 is 1.07 bits per heavy atom. The van der Waals surface area contributed by atoms with Crippen LogP contribution in [0.15, 0.2) is 64.2 Å². The maximum atomic E-state index is 13.7. The SMILES string of the molecule is C[C@H](Oc1ccc(N(C)S(=O)(=O)c2cccs2)cc1)C(=O)Nc1c(F)cccc1F. The number of para-hydroxylation sites is 1. The number of thiophene rings is 1. The Bertz CT molecular complexity index is 1110. The minimum Gasteiger partial charge on any atom is -0.481 e. The maximum Gasteiger partial charge on any atom is 0.273 e. The summed E-state index contributed by atoms with van der Waals surface area (Å²) >= 11 is 1.12. The van der Waals surface area contributed by atoms with Gasteiger partial charge in [0.05, 0.1) is 5.69 Å². The van der Waals surface area contributed by atoms with Crippen LogP contribution >= 0.6 is 11.3 Å². The number of hydrogen-bond acceptors (Lipinski definition) is 5. The van der Waals surface area contributed by atoms with Crippen molar-refractivity contribution in [1.82, 2.24) is 0 Å². The van der Waals surface area contributed by atoms with Crippen LogP contribution in [0.5, 0.6) is 5.75 Å². The van der Waals surface area contributed by atoms with E-state index < -0.39 is 39.4 Å². The molecule has 1 aromatic heterocycles. The molecule has 0 saturated carbocycles. The highest BCUT2D eigenvalue weighted by Crippen LogP contribution is 2.27. The molecule has 0 fully saturated rings. The van der Waals surface area contributed by atoms with E-state index in [4.69, 9.17) is 4.74 Å². The van der Waals surface area contributed by atoms with E-state index in [9.17, 15) is 22.0 Å². The number of carbonyl (C=O) groups excluding carboxylic acids is 1. The molecule has 6 nitrogen and oxygen atoms in total. The molecular formula is C20H18F2N2O4S2. The fourth-order valence-corrected chi connectivity index (χ4v) is 4.87. The Labute approximate surface area is 176 Å². The predicted octanol–water partition coefficient (Wildman–Crippen LogP) is 4.26. The number of halogens is 2. The number of amides is 1. The molecule has 2 aromatic carbocycles. The Hall–Kier alpha value is -2.98. The van der Waals surface area contributed by atoms with Crippen molar-refractivity contribution in [2.45, 2.75) is 17.2 Å². The van der Waals surface area contributed by atoms with Gasteiger partial charge >= 0.3 is 0 Å². The molecule has 0 bridgehead atoms. The van der Waals surface area contributed by atoms with Crippen molar-refractivity contribution in [2.75, 3.05) is 16.7 Å². The number of benzene rings is 2. The number of nitrogens with one attached hydrogen (secondary N) is 1. The topological polar surface area (TPSA) is 75.7 Å². The Balaban J connectivity index is 1.67. The van der Waals surface area contributed by atoms with Gasteiger partial charge in [-0.2, -0.15) is 0 Å². The molecule has 3 rings (SSSR count). The van der Waals surface area contributed by atoms with Crippen molar-refractivity contribution >= 4 is 38.6 Å². The largest absolute Gasteiger partial charge is 0.481 e. The highest BCUT2D eigenvalue weighted by Gasteiger charge is 2.23. The van der Waals surface area contributed by atoms with Crippen molar-refractivity contribution in [3.05, 3.63) is 71.6 Å². The predicted molar refractivity (Wildman–Crippen MR) is 111 cm³/mol. The Kier molecular flexibility index (Phi) is 6.37. The lowest BCUT2D eigenvalue weighted by Crippen LogP contribution is -2.31. The minimum absolute atomic E-state index is 0.219. The summed E-state index contributed by atoms with van der Waals surface area (Å²) in [5.74, 6) is -2.23. The minimum atomic E-state index is -3.66. The van der Waals surface area contributed by atoms with E-state index in [1.54, 1.807) is 11.4 Å². The van der Waals surface area contributed by atoms with Crippen LogP contribution in [0.1, 0.15) is 6.92 Å². The van der Waals surface area contributed by atoms with Gasteiger partial charge in [-0.05, 0) is 54.8 Å². The third-order valence-electron chi connectivity index (χ3n) is 4.20. The average molecular weight is 453 g/mol. The second-order valence-corrected chi connectivity index (χ2v) is 9.39. The highest BCUT2D eigenvalue weighted by atomic mass is 32.2. The smallest absolute Gasteiger partial charge is 0.273 e. The lowest BCUT2D eigenvalue weighted by atomic mass is 10.2. The standard InChI is InChI=1S/C20H18F2N2O4S2/c1-13(20(25)23-19-16(21)5-3-6-17(19)22)28-15-10-8-14(9-11-15)24(2)30(26,27)18-7-4-12-29-18/h3-13H,1-2H3,(H,23,25)/t13-/m0/s1. The molecule has 1 N–H and O–H groups in total. The van der Waals surface area contributed by atoms with E-state index in [-0.39, 0.29) is 9.96 Å². The van der Waals surface area contributed by atoms with Crippen LogP contribution < -0.4 is 14.4 Å². The second kappa shape index (κ2) is 8.80. The summed E-state index contributed by atoms with van der Waals surface area (Å²) in [5.41, 5.74) is -0.144. The molecule has 0 saturated heterocycles. The zero-order chi connectivity index (χ0) is 21.9. The fraction of sp³-hybridized carbons (Fsp3) is 0.150. The average Bonchev–Trinajstić information content (AvgIpc) is 3.26. The first-order valence-corrected chi connectivity index (χ1v) is 11.1. The molecule has 0 spiro atoms. The molecule has 10 heteroatoms. The summed E-state index contributed by atoms with van der Waals surface area (Å²) < 4.78 is 59.3. The van der Waals surface area contributed by atoms with Gasteiger partial charge in [-0.3, -0.25) is 9.10 Å². The molecule has 0 aliphatic heterocycles. The monoisotopic (exact) mass is 452 g/mol. The molecule has 0 aliphatic carbocycles. The number of anilines is 2. The van der Waals surface area contributed by atoms with Gasteiger partial charge in [0.2, 0.25) is 0 Å². The zero-order valence-corrected chi connectivity index (χ0v) is 17.6. The molecule has 0 aliphatic rings. The first-order chi connectivity index (χ1) is 14.2. The van der Waals surface area contributed by atoms with Crippen molar-refractivity contribution in [1.29, 1.82) is 0 Å². The quantitative estimate of drug-likeness (QED) is 0.581. The van der Waals surface area contributed by atoms with E-state index in [0.717, 1.165) is 27.8 Å². The van der Waals surface area contributed by atoms with Crippen LogP contribution in [-0.2, 0) is 14.8 Å². The van der Waals surface area contributed by atoms with Gasteiger partial charge in [0.15, 0.2) is 6.10 Å². The van der Waals surface area contributed by atoms with Gasteiger partial charge in [0.25, 0.3) is 15.9 Å². The number of rotatable bonds is 7. The molecule has 0 unspecified atom stereocenters. The number of hydrogen-bond donors (Lipinski definition) is 1. The Morgan fingerprint density at radius 2 is 1.70 bits per heavy atom. The summed E-state index contributed by atoms with van der Waals surface area (Å²) in [5, 5.41) is 3.84. The van der Waals surface area contributed by atoms with Crippen LogP contribution in [0.2, 0.25) is 0 Å². The van der Waals surface area contributed by atoms with Gasteiger partial charge in [-0.15, -0.1) is 11.3 Å². The van der Waals surface area contributed by atoms with E-state index in [2.05, 4.69) is 5.32 Å². The number of nitrogens with zero attached hydrogens (tertiary/aromatic N) is 1. The van der Waals surface area contributed by atoms with Gasteiger partial charge in [-0.1, -0.05) is 12.1 Å². The van der Waals surface area contributed by atoms with Crippen molar-refractivity contribution in [3.8, 4) is 5.75 Å². The number of carbonyl (C=O) groups is 1. The lowest BCUT2D eigenvalue weighted by molar-refractivity contribution is -0.122. The van der Waals surface area contributed by atoms with Crippen LogP contribution in [0.25, 0.3) is 0 Å². The van der Waals surface area contributed by atoms with Gasteiger partial charge < -0.3 is 10.1 Å². The highest BCUT2D eigenvalue weighted by molar-refractivity contribution is 7.94. The van der Waals surface area contributed by atoms with Gasteiger partial charge in [-0.25, -0.2) is 17.2 Å². The van der Waals surface area contributed by atoms with Crippen molar-refractivity contribution in [3.63, 3.8) is 0 Å². The van der Waals surface area contributed by atoms with Crippen molar-refractivity contribution < 1.29 is 26.7 Å². The van der Waals surface area contributed by atoms with Crippen molar-refractivity contribution in [2.24, 2.45) is 0 Å². The van der Waals surface area contributed by atoms with E-state index in [1.165, 1.54) is 50.4 Å². The van der Waals surface area contributed by atoms with Gasteiger partial charge in [0, 0.05) is 7.05 Å².